The first-order chi connectivity index (χ1) is 10.0. The molecule has 0 radical (unpaired) electrons. The zero-order valence-electron chi connectivity index (χ0n) is 11.6. The number of benzene rings is 1. The average molecular weight is 328 g/mol. The van der Waals surface area contributed by atoms with Crippen molar-refractivity contribution in [2.75, 3.05) is 46.6 Å². The fraction of sp³-hybridized carbons (Fsp3) is 0.500. The van der Waals surface area contributed by atoms with Crippen LogP contribution in [0.3, 0.4) is 0 Å². The Morgan fingerprint density at radius 2 is 1.62 bits per heavy atom. The first-order valence-corrected chi connectivity index (χ1v) is 7.79. The summed E-state index contributed by atoms with van der Waals surface area (Å²) in [5.41, 5.74) is 0.579. The van der Waals surface area contributed by atoms with Gasteiger partial charge in [-0.15, -0.1) is 0 Å². The Hall–Kier alpha value is -0.690. The molecule has 0 N–H and O–H groups in total. The van der Waals surface area contributed by atoms with Crippen molar-refractivity contribution in [1.82, 2.24) is 14.7 Å². The van der Waals surface area contributed by atoms with E-state index in [0.717, 1.165) is 44.5 Å². The third-order valence-electron chi connectivity index (χ3n) is 4.41. The Morgan fingerprint density at radius 1 is 1.05 bits per heavy atom. The number of carbonyl (C=O) groups is 1. The van der Waals surface area contributed by atoms with Crippen molar-refractivity contribution in [1.29, 1.82) is 0 Å². The van der Waals surface area contributed by atoms with E-state index in [0.29, 0.717) is 22.2 Å². The van der Waals surface area contributed by atoms with Gasteiger partial charge in [0.05, 0.1) is 25.0 Å². The molecule has 5 rings (SSSR count). The van der Waals surface area contributed by atoms with Gasteiger partial charge in [0.15, 0.2) is 0 Å². The number of rotatable bonds is 3. The number of ketones is 1. The molecule has 21 heavy (non-hydrogen) atoms. The van der Waals surface area contributed by atoms with E-state index >= 15 is 0 Å². The van der Waals surface area contributed by atoms with Crippen LogP contribution >= 0.6 is 23.2 Å². The van der Waals surface area contributed by atoms with Crippen LogP contribution in [0.1, 0.15) is 10.4 Å². The van der Waals surface area contributed by atoms with E-state index in [2.05, 4.69) is 14.7 Å². The molecule has 0 atom stereocenters. The molecule has 4 aliphatic heterocycles. The highest BCUT2D eigenvalue weighted by atomic mass is 35.5. The molecule has 0 unspecified atom stereocenters. The molecule has 0 amide bonds. The van der Waals surface area contributed by atoms with Crippen LogP contribution in [0.25, 0.3) is 0 Å². The lowest BCUT2D eigenvalue weighted by Crippen LogP contribution is -2.79. The van der Waals surface area contributed by atoms with Crippen LogP contribution in [0.4, 0.5) is 0 Å². The Kier molecular flexibility index (Phi) is 3.26. The maximum Gasteiger partial charge on any atom is 0.218 e. The standard InChI is InChI=1S/C14H17Cl2N4O/c15-11-1-2-12(13(16)3-11)14(21)4-20-8-17-5-18(9-20)7-19(6-17)10-20/h1-3H,4-10H2/q+1. The summed E-state index contributed by atoms with van der Waals surface area (Å²) in [7, 11) is 0. The molecule has 0 saturated carbocycles. The van der Waals surface area contributed by atoms with E-state index in [1.165, 1.54) is 0 Å². The monoisotopic (exact) mass is 327 g/mol. The minimum absolute atomic E-state index is 0.0993. The number of Topliss-reactive ketones (excluding diaryl/α,β-unsaturated/α-hetero) is 1. The van der Waals surface area contributed by atoms with Crippen molar-refractivity contribution in [3.8, 4) is 0 Å². The van der Waals surface area contributed by atoms with Gasteiger partial charge < -0.3 is 0 Å². The van der Waals surface area contributed by atoms with Gasteiger partial charge in [0.2, 0.25) is 5.78 Å². The van der Waals surface area contributed by atoms with Gasteiger partial charge in [0.25, 0.3) is 0 Å². The highest BCUT2D eigenvalue weighted by Crippen LogP contribution is 2.30. The van der Waals surface area contributed by atoms with Crippen LogP contribution in [0, 0.1) is 0 Å². The second-order valence-corrected chi connectivity index (χ2v) is 7.25. The van der Waals surface area contributed by atoms with Gasteiger partial charge in [0, 0.05) is 10.6 Å². The summed E-state index contributed by atoms with van der Waals surface area (Å²) in [6, 6.07) is 5.10. The molecule has 1 aromatic rings. The van der Waals surface area contributed by atoms with Crippen LogP contribution in [0.15, 0.2) is 18.2 Å². The molecule has 4 bridgehead atoms. The molecule has 5 nitrogen and oxygen atoms in total. The molecule has 0 spiro atoms. The number of nitrogens with zero attached hydrogens (tertiary/aromatic N) is 4. The Balaban J connectivity index is 1.57. The van der Waals surface area contributed by atoms with Gasteiger partial charge in [-0.05, 0) is 18.2 Å². The molecule has 0 aliphatic carbocycles. The average Bonchev–Trinajstić information content (AvgIpc) is 2.35. The summed E-state index contributed by atoms with van der Waals surface area (Å²) in [5, 5.41) is 1.01. The summed E-state index contributed by atoms with van der Waals surface area (Å²) >= 11 is 12.1. The van der Waals surface area contributed by atoms with E-state index in [1.807, 2.05) is 0 Å². The van der Waals surface area contributed by atoms with Crippen molar-refractivity contribution in [3.63, 3.8) is 0 Å². The van der Waals surface area contributed by atoms with Gasteiger partial charge in [-0.3, -0.25) is 9.28 Å². The SMILES string of the molecule is O=C(C[N+]12CN3CN(CN(C3)C1)C2)c1ccc(Cl)cc1Cl. The largest absolute Gasteiger partial charge is 0.288 e. The summed E-state index contributed by atoms with van der Waals surface area (Å²) in [5.74, 6) is 0.0993. The van der Waals surface area contributed by atoms with Gasteiger partial charge in [0.1, 0.15) is 26.6 Å². The highest BCUT2D eigenvalue weighted by molar-refractivity contribution is 6.36. The summed E-state index contributed by atoms with van der Waals surface area (Å²) in [4.78, 5) is 19.9. The van der Waals surface area contributed by atoms with Gasteiger partial charge in [-0.1, -0.05) is 23.2 Å². The fourth-order valence-corrected chi connectivity index (χ4v) is 4.43. The van der Waals surface area contributed by atoms with E-state index in [1.54, 1.807) is 18.2 Å². The summed E-state index contributed by atoms with van der Waals surface area (Å²) in [6.07, 6.45) is 0. The van der Waals surface area contributed by atoms with E-state index in [9.17, 15) is 4.79 Å². The van der Waals surface area contributed by atoms with Crippen molar-refractivity contribution < 1.29 is 9.28 Å². The van der Waals surface area contributed by atoms with E-state index < -0.39 is 0 Å². The van der Waals surface area contributed by atoms with Crippen LogP contribution < -0.4 is 0 Å². The molecule has 4 heterocycles. The van der Waals surface area contributed by atoms with Crippen LogP contribution in [0.5, 0.6) is 0 Å². The van der Waals surface area contributed by atoms with Crippen LogP contribution in [0.2, 0.25) is 10.0 Å². The Labute approximate surface area is 133 Å². The molecule has 4 saturated heterocycles. The lowest BCUT2D eigenvalue weighted by atomic mass is 10.1. The van der Waals surface area contributed by atoms with Gasteiger partial charge in [-0.25, -0.2) is 14.7 Å². The number of carbonyl (C=O) groups excluding carboxylic acids is 1. The smallest absolute Gasteiger partial charge is 0.218 e. The van der Waals surface area contributed by atoms with Gasteiger partial charge in [-0.2, -0.15) is 0 Å². The van der Waals surface area contributed by atoms with Crippen molar-refractivity contribution in [2.24, 2.45) is 0 Å². The summed E-state index contributed by atoms with van der Waals surface area (Å²) < 4.78 is 0.789. The number of quaternary nitrogens is 1. The van der Waals surface area contributed by atoms with E-state index in [4.69, 9.17) is 23.2 Å². The fourth-order valence-electron chi connectivity index (χ4n) is 3.91. The minimum Gasteiger partial charge on any atom is -0.288 e. The first kappa shape index (κ1) is 13.9. The topological polar surface area (TPSA) is 26.8 Å². The van der Waals surface area contributed by atoms with Crippen LogP contribution in [-0.4, -0.2) is 71.5 Å². The van der Waals surface area contributed by atoms with E-state index in [-0.39, 0.29) is 5.78 Å². The molecule has 4 aliphatic rings. The second kappa shape index (κ2) is 4.91. The molecule has 0 aromatic heterocycles. The van der Waals surface area contributed by atoms with Gasteiger partial charge >= 0.3 is 0 Å². The predicted octanol–water partition coefficient (Wildman–Crippen LogP) is 1.68. The van der Waals surface area contributed by atoms with Crippen molar-refractivity contribution in [2.45, 2.75) is 0 Å². The van der Waals surface area contributed by atoms with Crippen molar-refractivity contribution in [3.05, 3.63) is 33.8 Å². The minimum atomic E-state index is 0.0993. The normalized spacial score (nSPS) is 37.0. The Bertz CT molecular complexity index is 571. The molecule has 4 fully saturated rings. The quantitative estimate of drug-likeness (QED) is 0.623. The zero-order valence-corrected chi connectivity index (χ0v) is 13.1. The first-order valence-electron chi connectivity index (χ1n) is 7.03. The number of hydrogen-bond acceptors (Lipinski definition) is 4. The highest BCUT2D eigenvalue weighted by Gasteiger charge is 2.49. The summed E-state index contributed by atoms with van der Waals surface area (Å²) in [6.45, 7) is 6.40. The maximum atomic E-state index is 12.7. The lowest BCUT2D eigenvalue weighted by molar-refractivity contribution is -0.973. The molecule has 112 valence electrons. The molecular formula is C14H17Cl2N4O+. The molecule has 7 heteroatoms. The Morgan fingerprint density at radius 3 is 2.14 bits per heavy atom. The molecule has 1 aromatic carbocycles. The third-order valence-corrected chi connectivity index (χ3v) is 4.96. The predicted molar refractivity (Wildman–Crippen MR) is 80.6 cm³/mol. The second-order valence-electron chi connectivity index (χ2n) is 6.41. The number of halogens is 2. The lowest BCUT2D eigenvalue weighted by Gasteiger charge is -2.60. The third kappa shape index (κ3) is 2.48. The van der Waals surface area contributed by atoms with Crippen LogP contribution in [-0.2, 0) is 0 Å². The maximum absolute atomic E-state index is 12.7. The van der Waals surface area contributed by atoms with Crippen molar-refractivity contribution >= 4 is 29.0 Å². The molecular weight excluding hydrogens is 311 g/mol. The number of hydrogen-bond donors (Lipinski definition) is 0. The zero-order chi connectivity index (χ0) is 14.6.